The number of nitrogens with two attached hydrogens (primary N) is 1. The minimum absolute atomic E-state index is 0.199. The fourth-order valence-electron chi connectivity index (χ4n) is 1.79. The van der Waals surface area contributed by atoms with Crippen molar-refractivity contribution in [3.8, 4) is 0 Å². The second kappa shape index (κ2) is 6.29. The molecule has 3 heteroatoms. The van der Waals surface area contributed by atoms with E-state index in [4.69, 9.17) is 5.84 Å². The Morgan fingerprint density at radius 1 is 1.05 bits per heavy atom. The van der Waals surface area contributed by atoms with Crippen molar-refractivity contribution in [3.63, 3.8) is 0 Å². The molecule has 1 aromatic rings. The Morgan fingerprint density at radius 2 is 1.58 bits per heavy atom. The van der Waals surface area contributed by atoms with E-state index in [-0.39, 0.29) is 16.2 Å². The molecule has 0 heterocycles. The number of hydrogen-bond donors (Lipinski definition) is 2. The van der Waals surface area contributed by atoms with Crippen molar-refractivity contribution in [3.05, 3.63) is 35.4 Å². The zero-order chi connectivity index (χ0) is 14.7. The molecule has 1 aromatic carbocycles. The molecular formula is C16H28N2S. The molecule has 0 aliphatic rings. The van der Waals surface area contributed by atoms with Gasteiger partial charge in [-0.25, -0.2) is 0 Å². The van der Waals surface area contributed by atoms with Gasteiger partial charge in [-0.1, -0.05) is 65.8 Å². The third-order valence-electron chi connectivity index (χ3n) is 3.06. The molecule has 0 radical (unpaired) electrons. The molecule has 1 unspecified atom stereocenters. The molecule has 1 rings (SSSR count). The van der Waals surface area contributed by atoms with Gasteiger partial charge in [0.25, 0.3) is 0 Å². The van der Waals surface area contributed by atoms with Crippen molar-refractivity contribution in [1.29, 1.82) is 0 Å². The summed E-state index contributed by atoms with van der Waals surface area (Å²) in [5.41, 5.74) is 5.74. The zero-order valence-electron chi connectivity index (χ0n) is 13.1. The van der Waals surface area contributed by atoms with Crippen LogP contribution in [0.3, 0.4) is 0 Å². The Hall–Kier alpha value is -0.510. The van der Waals surface area contributed by atoms with Gasteiger partial charge in [0.1, 0.15) is 0 Å². The quantitative estimate of drug-likeness (QED) is 0.646. The molecule has 0 saturated heterocycles. The van der Waals surface area contributed by atoms with E-state index in [1.807, 2.05) is 11.8 Å². The van der Waals surface area contributed by atoms with Crippen molar-refractivity contribution >= 4 is 11.8 Å². The summed E-state index contributed by atoms with van der Waals surface area (Å²) in [6, 6.07) is 9.00. The van der Waals surface area contributed by atoms with Gasteiger partial charge in [-0.05, 0) is 16.5 Å². The van der Waals surface area contributed by atoms with Crippen LogP contribution in [0.2, 0.25) is 0 Å². The Labute approximate surface area is 122 Å². The number of nitrogens with one attached hydrogen (secondary N) is 1. The molecule has 3 N–H and O–H groups in total. The van der Waals surface area contributed by atoms with Crippen LogP contribution in [0.25, 0.3) is 0 Å². The zero-order valence-corrected chi connectivity index (χ0v) is 13.9. The first-order valence-corrected chi connectivity index (χ1v) is 7.82. The van der Waals surface area contributed by atoms with E-state index < -0.39 is 0 Å². The number of hydrazine groups is 1. The van der Waals surface area contributed by atoms with Crippen LogP contribution in [0.15, 0.2) is 24.3 Å². The summed E-state index contributed by atoms with van der Waals surface area (Å²) in [4.78, 5) is 0. The van der Waals surface area contributed by atoms with E-state index in [1.165, 1.54) is 11.1 Å². The predicted molar refractivity (Wildman–Crippen MR) is 87.4 cm³/mol. The van der Waals surface area contributed by atoms with Crippen molar-refractivity contribution < 1.29 is 0 Å². The Kier molecular flexibility index (Phi) is 5.48. The molecule has 0 bridgehead atoms. The number of benzene rings is 1. The lowest BCUT2D eigenvalue weighted by Crippen LogP contribution is -2.31. The van der Waals surface area contributed by atoms with Crippen molar-refractivity contribution in [1.82, 2.24) is 5.43 Å². The molecular weight excluding hydrogens is 252 g/mol. The summed E-state index contributed by atoms with van der Waals surface area (Å²) >= 11 is 1.93. The van der Waals surface area contributed by atoms with Gasteiger partial charge < -0.3 is 0 Å². The van der Waals surface area contributed by atoms with E-state index in [0.717, 1.165) is 5.75 Å². The molecule has 2 nitrogen and oxygen atoms in total. The highest BCUT2D eigenvalue weighted by Crippen LogP contribution is 2.29. The van der Waals surface area contributed by atoms with E-state index in [9.17, 15) is 0 Å². The first kappa shape index (κ1) is 16.5. The lowest BCUT2D eigenvalue weighted by atomic mass is 9.86. The van der Waals surface area contributed by atoms with Gasteiger partial charge in [-0.3, -0.25) is 11.3 Å². The van der Waals surface area contributed by atoms with Gasteiger partial charge in [-0.2, -0.15) is 11.8 Å². The second-order valence-electron chi connectivity index (χ2n) is 7.01. The first-order valence-electron chi connectivity index (χ1n) is 6.84. The third kappa shape index (κ3) is 5.55. The highest BCUT2D eigenvalue weighted by atomic mass is 32.2. The molecule has 19 heavy (non-hydrogen) atoms. The fourth-order valence-corrected chi connectivity index (χ4v) is 2.74. The molecule has 0 amide bonds. The maximum Gasteiger partial charge on any atom is 0.0550 e. The lowest BCUT2D eigenvalue weighted by Gasteiger charge is -2.24. The van der Waals surface area contributed by atoms with Crippen LogP contribution in [0, 0.1) is 0 Å². The van der Waals surface area contributed by atoms with Gasteiger partial charge in [0.2, 0.25) is 0 Å². The maximum atomic E-state index is 5.69. The summed E-state index contributed by atoms with van der Waals surface area (Å²) in [7, 11) is 0. The molecule has 0 fully saturated rings. The van der Waals surface area contributed by atoms with Crippen molar-refractivity contribution in [2.75, 3.05) is 5.75 Å². The fraction of sp³-hybridized carbons (Fsp3) is 0.625. The minimum Gasteiger partial charge on any atom is -0.271 e. The largest absolute Gasteiger partial charge is 0.271 e. The SMILES string of the molecule is CC(C)(C)SCC(NN)c1ccc(C(C)(C)C)cc1. The number of hydrogen-bond acceptors (Lipinski definition) is 3. The van der Waals surface area contributed by atoms with Crippen LogP contribution in [0.5, 0.6) is 0 Å². The minimum atomic E-state index is 0.199. The van der Waals surface area contributed by atoms with Crippen LogP contribution in [-0.2, 0) is 5.41 Å². The van der Waals surface area contributed by atoms with Crippen LogP contribution < -0.4 is 11.3 Å². The van der Waals surface area contributed by atoms with Crippen molar-refractivity contribution in [2.24, 2.45) is 5.84 Å². The van der Waals surface area contributed by atoms with E-state index in [2.05, 4.69) is 71.2 Å². The molecule has 0 aromatic heterocycles. The van der Waals surface area contributed by atoms with Gasteiger partial charge in [0, 0.05) is 10.5 Å². The normalized spacial score (nSPS) is 14.5. The van der Waals surface area contributed by atoms with E-state index in [0.29, 0.717) is 0 Å². The van der Waals surface area contributed by atoms with Crippen LogP contribution in [0.4, 0.5) is 0 Å². The second-order valence-corrected chi connectivity index (χ2v) is 8.86. The molecule has 0 spiro atoms. The average Bonchev–Trinajstić information content (AvgIpc) is 2.28. The smallest absolute Gasteiger partial charge is 0.0550 e. The summed E-state index contributed by atoms with van der Waals surface area (Å²) in [6.07, 6.45) is 0. The molecule has 0 aliphatic carbocycles. The van der Waals surface area contributed by atoms with Gasteiger partial charge in [0.15, 0.2) is 0 Å². The monoisotopic (exact) mass is 280 g/mol. The Morgan fingerprint density at radius 3 is 1.95 bits per heavy atom. The third-order valence-corrected chi connectivity index (χ3v) is 4.43. The van der Waals surface area contributed by atoms with E-state index >= 15 is 0 Å². The summed E-state index contributed by atoms with van der Waals surface area (Å²) in [5, 5.41) is 0. The Balaban J connectivity index is 2.77. The van der Waals surface area contributed by atoms with E-state index in [1.54, 1.807) is 0 Å². The van der Waals surface area contributed by atoms with Gasteiger partial charge in [-0.15, -0.1) is 0 Å². The number of rotatable bonds is 4. The van der Waals surface area contributed by atoms with Crippen LogP contribution in [0.1, 0.15) is 58.7 Å². The number of thioether (sulfide) groups is 1. The maximum absolute atomic E-state index is 5.69. The molecule has 0 saturated carbocycles. The van der Waals surface area contributed by atoms with Gasteiger partial charge in [0.05, 0.1) is 6.04 Å². The van der Waals surface area contributed by atoms with Crippen LogP contribution >= 0.6 is 11.8 Å². The standard InChI is InChI=1S/C16H28N2S/c1-15(2,3)13-9-7-12(8-10-13)14(18-17)11-19-16(4,5)6/h7-10,14,18H,11,17H2,1-6H3. The predicted octanol–water partition coefficient (Wildman–Crippen LogP) is 4.02. The first-order chi connectivity index (χ1) is 8.63. The molecule has 0 aliphatic heterocycles. The summed E-state index contributed by atoms with van der Waals surface area (Å²) < 4.78 is 0.264. The van der Waals surface area contributed by atoms with Gasteiger partial charge >= 0.3 is 0 Å². The summed E-state index contributed by atoms with van der Waals surface area (Å²) in [5.74, 6) is 6.68. The van der Waals surface area contributed by atoms with Crippen molar-refractivity contribution in [2.45, 2.75) is 57.7 Å². The Bertz CT molecular complexity index is 385. The van der Waals surface area contributed by atoms with Crippen LogP contribution in [-0.4, -0.2) is 10.5 Å². The molecule has 1 atom stereocenters. The summed E-state index contributed by atoms with van der Waals surface area (Å²) in [6.45, 7) is 13.4. The highest BCUT2D eigenvalue weighted by molar-refractivity contribution is 8.00. The molecule has 108 valence electrons. The topological polar surface area (TPSA) is 38.0 Å². The average molecular weight is 280 g/mol. The highest BCUT2D eigenvalue weighted by Gasteiger charge is 2.18. The lowest BCUT2D eigenvalue weighted by molar-refractivity contribution is 0.585.